The van der Waals surface area contributed by atoms with Gasteiger partial charge in [-0.05, 0) is 51.1 Å². The molecule has 180 valence electrons. The van der Waals surface area contributed by atoms with Crippen LogP contribution in [0.25, 0.3) is 0 Å². The average molecular weight is 448 g/mol. The van der Waals surface area contributed by atoms with Crippen LogP contribution in [0.2, 0.25) is 0 Å². The van der Waals surface area contributed by atoms with E-state index >= 15 is 0 Å². The zero-order chi connectivity index (χ0) is 23.5. The summed E-state index contributed by atoms with van der Waals surface area (Å²) in [5, 5.41) is 6.46. The minimum absolute atomic E-state index is 0.0335. The number of ketones is 1. The van der Waals surface area contributed by atoms with E-state index in [4.69, 9.17) is 0 Å². The number of allylic oxidation sites excluding steroid dienone is 3. The maximum Gasteiger partial charge on any atom is 0.225 e. The molecule has 6 heteroatoms. The van der Waals surface area contributed by atoms with Gasteiger partial charge in [0.25, 0.3) is 0 Å². The molecule has 0 radical (unpaired) electrons. The Kier molecular flexibility index (Phi) is 11.3. The first-order chi connectivity index (χ1) is 15.4. The molecule has 0 aliphatic heterocycles. The van der Waals surface area contributed by atoms with E-state index in [1.54, 1.807) is 6.08 Å². The summed E-state index contributed by atoms with van der Waals surface area (Å²) in [5.74, 6) is 0.0965. The molecule has 0 aromatic rings. The van der Waals surface area contributed by atoms with Gasteiger partial charge in [-0.2, -0.15) is 0 Å². The Bertz CT molecular complexity index is 723. The number of nitrogens with one attached hydrogen (secondary N) is 2. The van der Waals surface area contributed by atoms with Gasteiger partial charge in [0, 0.05) is 24.3 Å². The van der Waals surface area contributed by atoms with Crippen molar-refractivity contribution in [3.63, 3.8) is 0 Å². The number of hydrogen-bond acceptors (Lipinski definition) is 4. The molecule has 2 aliphatic rings. The van der Waals surface area contributed by atoms with Gasteiger partial charge >= 0.3 is 0 Å². The maximum atomic E-state index is 13.4. The quantitative estimate of drug-likeness (QED) is 0.417. The van der Waals surface area contributed by atoms with Crippen LogP contribution in [0.1, 0.15) is 78.6 Å². The van der Waals surface area contributed by atoms with Gasteiger partial charge in [0.05, 0.1) is 12.0 Å². The van der Waals surface area contributed by atoms with Crippen molar-refractivity contribution in [1.29, 1.82) is 0 Å². The number of halogens is 1. The molecule has 5 nitrogen and oxygen atoms in total. The Balaban J connectivity index is 2.06. The number of aliphatic imine (C=N–C) groups is 1. The van der Waals surface area contributed by atoms with Crippen molar-refractivity contribution in [1.82, 2.24) is 10.6 Å². The van der Waals surface area contributed by atoms with Gasteiger partial charge in [0.1, 0.15) is 12.4 Å². The number of amides is 1. The minimum Gasteiger partial charge on any atom is -0.348 e. The lowest BCUT2D eigenvalue weighted by Gasteiger charge is -2.31. The summed E-state index contributed by atoms with van der Waals surface area (Å²) in [6, 6.07) is -0.159. The summed E-state index contributed by atoms with van der Waals surface area (Å²) >= 11 is 0. The lowest BCUT2D eigenvalue weighted by molar-refractivity contribution is -0.127. The van der Waals surface area contributed by atoms with E-state index in [0.717, 1.165) is 37.8 Å². The molecule has 0 aromatic carbocycles. The maximum absolute atomic E-state index is 13.4. The number of nitrogens with zero attached hydrogens (tertiary/aromatic N) is 1. The Hall–Kier alpha value is -1.82. The Morgan fingerprint density at radius 3 is 2.56 bits per heavy atom. The molecule has 2 rings (SSSR count). The van der Waals surface area contributed by atoms with Gasteiger partial charge < -0.3 is 10.6 Å². The fourth-order valence-corrected chi connectivity index (χ4v) is 4.88. The number of carbonyl (C=O) groups excluding carboxylic acids is 2. The summed E-state index contributed by atoms with van der Waals surface area (Å²) in [6.45, 7) is 6.62. The summed E-state index contributed by atoms with van der Waals surface area (Å²) < 4.78 is 13.4. The number of Topliss-reactive ketones (excluding diaryl/α,β-unsaturated/α-hetero) is 1. The molecule has 32 heavy (non-hydrogen) atoms. The highest BCUT2D eigenvalue weighted by molar-refractivity contribution is 6.00. The molecule has 1 amide bonds. The highest BCUT2D eigenvalue weighted by Gasteiger charge is 2.30. The Morgan fingerprint density at radius 1 is 1.22 bits per heavy atom. The van der Waals surface area contributed by atoms with Gasteiger partial charge in [0.2, 0.25) is 5.91 Å². The molecule has 3 atom stereocenters. The standard InChI is InChI=1S/C26H42FN3O2/c1-5-6-12-24(30-26(32)23(16-28-4)20-10-8-7-9-11-20)19(3)29-17-25(31)22-14-13-21(27)15-18(22)2/h13-14,18,20,23-24,28H,5-12,15-17H2,1-4H3,(H,30,32). The van der Waals surface area contributed by atoms with Crippen LogP contribution in [0.4, 0.5) is 4.39 Å². The second-order valence-electron chi connectivity index (χ2n) is 9.49. The lowest BCUT2D eigenvalue weighted by Crippen LogP contribution is -2.47. The molecule has 0 aromatic heterocycles. The predicted molar refractivity (Wildman–Crippen MR) is 129 cm³/mol. The van der Waals surface area contributed by atoms with E-state index in [2.05, 4.69) is 22.5 Å². The van der Waals surface area contributed by atoms with Gasteiger partial charge in [-0.3, -0.25) is 14.6 Å². The van der Waals surface area contributed by atoms with Crippen LogP contribution in [-0.2, 0) is 9.59 Å². The average Bonchev–Trinajstić information content (AvgIpc) is 2.78. The van der Waals surface area contributed by atoms with Gasteiger partial charge in [-0.15, -0.1) is 0 Å². The van der Waals surface area contributed by atoms with Crippen molar-refractivity contribution in [3.05, 3.63) is 23.6 Å². The van der Waals surface area contributed by atoms with Crippen molar-refractivity contribution < 1.29 is 14.0 Å². The van der Waals surface area contributed by atoms with Crippen LogP contribution < -0.4 is 10.6 Å². The van der Waals surface area contributed by atoms with E-state index in [-0.39, 0.29) is 48.4 Å². The third kappa shape index (κ3) is 7.95. The second-order valence-corrected chi connectivity index (χ2v) is 9.49. The van der Waals surface area contributed by atoms with Crippen LogP contribution in [0.5, 0.6) is 0 Å². The van der Waals surface area contributed by atoms with Crippen molar-refractivity contribution in [2.75, 3.05) is 20.1 Å². The topological polar surface area (TPSA) is 70.6 Å². The second kappa shape index (κ2) is 13.7. The molecular formula is C26H42FN3O2. The Morgan fingerprint density at radius 2 is 1.94 bits per heavy atom. The molecule has 2 N–H and O–H groups in total. The van der Waals surface area contributed by atoms with E-state index < -0.39 is 0 Å². The van der Waals surface area contributed by atoms with Gasteiger partial charge in [0.15, 0.2) is 5.78 Å². The minimum atomic E-state index is -0.190. The molecule has 0 heterocycles. The number of carbonyl (C=O) groups is 2. The van der Waals surface area contributed by atoms with E-state index in [1.165, 1.54) is 25.3 Å². The van der Waals surface area contributed by atoms with Crippen molar-refractivity contribution in [3.8, 4) is 0 Å². The fourth-order valence-electron chi connectivity index (χ4n) is 4.88. The summed E-state index contributed by atoms with van der Waals surface area (Å²) in [4.78, 5) is 30.5. The molecule has 2 aliphatic carbocycles. The molecule has 1 fully saturated rings. The number of rotatable bonds is 12. The molecule has 0 saturated heterocycles. The zero-order valence-corrected chi connectivity index (χ0v) is 20.4. The number of hydrogen-bond donors (Lipinski definition) is 2. The Labute approximate surface area is 193 Å². The number of unbranched alkanes of at least 4 members (excludes halogenated alkanes) is 1. The third-order valence-electron chi connectivity index (χ3n) is 6.92. The van der Waals surface area contributed by atoms with Crippen molar-refractivity contribution in [2.24, 2.45) is 22.7 Å². The largest absolute Gasteiger partial charge is 0.348 e. The third-order valence-corrected chi connectivity index (χ3v) is 6.92. The monoisotopic (exact) mass is 447 g/mol. The van der Waals surface area contributed by atoms with Crippen LogP contribution in [0, 0.1) is 17.8 Å². The van der Waals surface area contributed by atoms with Crippen LogP contribution in [-0.4, -0.2) is 43.6 Å². The molecule has 0 bridgehead atoms. The summed E-state index contributed by atoms with van der Waals surface area (Å²) in [7, 11) is 1.90. The lowest BCUT2D eigenvalue weighted by atomic mass is 9.79. The molecular weight excluding hydrogens is 405 g/mol. The molecule has 1 saturated carbocycles. The normalized spacial score (nSPS) is 22.0. The van der Waals surface area contributed by atoms with Crippen molar-refractivity contribution in [2.45, 2.75) is 84.6 Å². The highest BCUT2D eigenvalue weighted by Crippen LogP contribution is 2.30. The first-order valence-electron chi connectivity index (χ1n) is 12.4. The first kappa shape index (κ1) is 26.4. The van der Waals surface area contributed by atoms with E-state index in [1.807, 2.05) is 20.9 Å². The van der Waals surface area contributed by atoms with Crippen LogP contribution >= 0.6 is 0 Å². The summed E-state index contributed by atoms with van der Waals surface area (Å²) in [6.07, 6.45) is 12.0. The SMILES string of the molecule is CCCCC(NC(=O)C(CNC)C1CCCCC1)C(C)=NCC(=O)C1=CC=C(F)CC1C. The van der Waals surface area contributed by atoms with Crippen molar-refractivity contribution >= 4 is 17.4 Å². The molecule has 0 spiro atoms. The highest BCUT2D eigenvalue weighted by atomic mass is 19.1. The van der Waals surface area contributed by atoms with Gasteiger partial charge in [-0.1, -0.05) is 52.0 Å². The predicted octanol–water partition coefficient (Wildman–Crippen LogP) is 4.93. The van der Waals surface area contributed by atoms with E-state index in [9.17, 15) is 14.0 Å². The summed E-state index contributed by atoms with van der Waals surface area (Å²) in [5.41, 5.74) is 1.42. The zero-order valence-electron chi connectivity index (χ0n) is 20.4. The fraction of sp³-hybridized carbons (Fsp3) is 0.731. The van der Waals surface area contributed by atoms with Crippen LogP contribution in [0.15, 0.2) is 28.5 Å². The smallest absolute Gasteiger partial charge is 0.225 e. The van der Waals surface area contributed by atoms with Crippen LogP contribution in [0.3, 0.4) is 0 Å². The first-order valence-corrected chi connectivity index (χ1v) is 12.4. The molecule has 3 unspecified atom stereocenters. The van der Waals surface area contributed by atoms with Gasteiger partial charge in [-0.25, -0.2) is 4.39 Å². The van der Waals surface area contributed by atoms with E-state index in [0.29, 0.717) is 18.0 Å².